The molecule has 0 saturated heterocycles. The summed E-state index contributed by atoms with van der Waals surface area (Å²) in [6.07, 6.45) is -5.23. The highest BCUT2D eigenvalue weighted by Crippen LogP contribution is 2.12. The number of hydrogen-bond acceptors (Lipinski definition) is 6. The molecule has 0 aliphatic rings. The van der Waals surface area contributed by atoms with Crippen molar-refractivity contribution in [3.63, 3.8) is 0 Å². The first-order valence-electron chi connectivity index (χ1n) is 7.61. The number of azo groups is 2. The van der Waals surface area contributed by atoms with E-state index in [0.717, 1.165) is 5.56 Å². The van der Waals surface area contributed by atoms with Crippen LogP contribution >= 0.6 is 0 Å². The first kappa shape index (κ1) is 22.6. The second kappa shape index (κ2) is 12.0. The van der Waals surface area contributed by atoms with E-state index in [-0.39, 0.29) is 0 Å². The zero-order chi connectivity index (χ0) is 21.6. The Kier molecular flexibility index (Phi) is 9.34. The van der Waals surface area contributed by atoms with Gasteiger partial charge >= 0.3 is 24.4 Å². The number of para-hydroxylation sites is 1. The summed E-state index contributed by atoms with van der Waals surface area (Å²) in [5.74, 6) is 0.634. The Labute approximate surface area is 163 Å². The van der Waals surface area contributed by atoms with Crippen molar-refractivity contribution in [1.29, 1.82) is 0 Å². The molecule has 0 radical (unpaired) electrons. The second-order valence-electron chi connectivity index (χ2n) is 4.83. The normalized spacial score (nSPS) is 10.1. The third kappa shape index (κ3) is 11.0. The van der Waals surface area contributed by atoms with E-state index in [1.807, 2.05) is 6.92 Å². The van der Waals surface area contributed by atoms with Crippen molar-refractivity contribution in [3.8, 4) is 11.5 Å². The molecule has 0 fully saturated rings. The van der Waals surface area contributed by atoms with E-state index in [1.165, 1.54) is 0 Å². The molecule has 0 aromatic heterocycles. The molecule has 150 valence electrons. The van der Waals surface area contributed by atoms with Gasteiger partial charge in [-0.25, -0.2) is 19.2 Å². The number of carbonyl (C=O) groups excluding carboxylic acids is 2. The molecule has 12 heteroatoms. The fourth-order valence-corrected chi connectivity index (χ4v) is 1.50. The Morgan fingerprint density at radius 2 is 1.07 bits per heavy atom. The fraction of sp³-hybridized carbons (Fsp3) is 0.0588. The van der Waals surface area contributed by atoms with Gasteiger partial charge in [0.15, 0.2) is 0 Å². The first-order chi connectivity index (χ1) is 13.8. The largest absolute Gasteiger partial charge is 0.462 e. The summed E-state index contributed by atoms with van der Waals surface area (Å²) in [6, 6.07) is 15.1. The van der Waals surface area contributed by atoms with Crippen LogP contribution in [0, 0.1) is 6.92 Å². The second-order valence-corrected chi connectivity index (χ2v) is 4.83. The van der Waals surface area contributed by atoms with Crippen molar-refractivity contribution in [2.24, 2.45) is 20.5 Å². The van der Waals surface area contributed by atoms with Gasteiger partial charge in [0.25, 0.3) is 0 Å². The topological polar surface area (TPSA) is 177 Å². The third-order valence-corrected chi connectivity index (χ3v) is 2.61. The Morgan fingerprint density at radius 3 is 1.48 bits per heavy atom. The van der Waals surface area contributed by atoms with Crippen LogP contribution in [0.4, 0.5) is 19.2 Å². The molecule has 4 amide bonds. The molecule has 12 nitrogen and oxygen atoms in total. The number of nitrogens with zero attached hydrogens (tertiary/aromatic N) is 4. The van der Waals surface area contributed by atoms with Crippen LogP contribution in [0.3, 0.4) is 0 Å². The van der Waals surface area contributed by atoms with Crippen LogP contribution in [0.2, 0.25) is 0 Å². The standard InChI is InChI=1S/C15H12N2O4.C2H2N2O4/c1-11-7-9-13(10-8-11)21-15(19)17-16-14(18)20-12-5-3-2-4-6-12;5-1(6)3-4-2(7)8/h2-10H,1H3;(H,5,6)(H,7,8). The van der Waals surface area contributed by atoms with Gasteiger partial charge in [0.2, 0.25) is 0 Å². The van der Waals surface area contributed by atoms with E-state index in [2.05, 4.69) is 20.5 Å². The highest BCUT2D eigenvalue weighted by atomic mass is 16.6. The lowest BCUT2D eigenvalue weighted by molar-refractivity contribution is 0.194. The van der Waals surface area contributed by atoms with Crippen LogP contribution in [0.15, 0.2) is 75.1 Å². The number of rotatable bonds is 2. The van der Waals surface area contributed by atoms with Crippen LogP contribution in [-0.2, 0) is 0 Å². The summed E-state index contributed by atoms with van der Waals surface area (Å²) in [5.41, 5.74) is 1.03. The first-order valence-corrected chi connectivity index (χ1v) is 7.61. The number of carboxylic acid groups (broad SMARTS) is 2. The minimum absolute atomic E-state index is 0.313. The fourth-order valence-electron chi connectivity index (χ4n) is 1.50. The van der Waals surface area contributed by atoms with Crippen LogP contribution < -0.4 is 9.47 Å². The number of aryl methyl sites for hydroxylation is 1. The maximum absolute atomic E-state index is 11.4. The third-order valence-electron chi connectivity index (χ3n) is 2.61. The van der Waals surface area contributed by atoms with Crippen molar-refractivity contribution in [3.05, 3.63) is 60.2 Å². The van der Waals surface area contributed by atoms with Gasteiger partial charge in [-0.3, -0.25) is 0 Å². The van der Waals surface area contributed by atoms with E-state index in [0.29, 0.717) is 11.5 Å². The van der Waals surface area contributed by atoms with Gasteiger partial charge in [-0.05, 0) is 31.2 Å². The summed E-state index contributed by atoms with van der Waals surface area (Å²) in [4.78, 5) is 41.4. The van der Waals surface area contributed by atoms with Gasteiger partial charge in [0.1, 0.15) is 11.5 Å². The molecule has 2 N–H and O–H groups in total. The van der Waals surface area contributed by atoms with E-state index in [9.17, 15) is 19.2 Å². The average Bonchev–Trinajstić information content (AvgIpc) is 2.68. The molecule has 0 aliphatic heterocycles. The van der Waals surface area contributed by atoms with E-state index in [1.54, 1.807) is 54.6 Å². The van der Waals surface area contributed by atoms with E-state index < -0.39 is 24.4 Å². The average molecular weight is 402 g/mol. The lowest BCUT2D eigenvalue weighted by Crippen LogP contribution is -2.05. The van der Waals surface area contributed by atoms with Gasteiger partial charge in [-0.2, -0.15) is 0 Å². The van der Waals surface area contributed by atoms with E-state index in [4.69, 9.17) is 19.7 Å². The molecular weight excluding hydrogens is 388 g/mol. The number of ether oxygens (including phenoxy) is 2. The van der Waals surface area contributed by atoms with Crippen LogP contribution in [0.5, 0.6) is 11.5 Å². The molecule has 2 aromatic rings. The Morgan fingerprint density at radius 1 is 0.655 bits per heavy atom. The van der Waals surface area contributed by atoms with Gasteiger partial charge in [-0.1, -0.05) is 56.4 Å². The van der Waals surface area contributed by atoms with Gasteiger partial charge < -0.3 is 19.7 Å². The summed E-state index contributed by atoms with van der Waals surface area (Å²) in [6.45, 7) is 1.91. The monoisotopic (exact) mass is 402 g/mol. The highest BCUT2D eigenvalue weighted by molar-refractivity contribution is 5.76. The number of benzene rings is 2. The van der Waals surface area contributed by atoms with Crippen molar-refractivity contribution in [2.45, 2.75) is 6.92 Å². The van der Waals surface area contributed by atoms with Crippen LogP contribution in [-0.4, -0.2) is 34.6 Å². The zero-order valence-electron chi connectivity index (χ0n) is 14.8. The molecule has 0 unspecified atom stereocenters. The van der Waals surface area contributed by atoms with Gasteiger partial charge in [0, 0.05) is 0 Å². The maximum atomic E-state index is 11.4. The lowest BCUT2D eigenvalue weighted by atomic mass is 10.2. The number of amides is 4. The van der Waals surface area contributed by atoms with Crippen molar-refractivity contribution in [1.82, 2.24) is 0 Å². The summed E-state index contributed by atoms with van der Waals surface area (Å²) in [7, 11) is 0. The molecular formula is C17H14N4O8. The smallest absolute Gasteiger partial charge is 0.458 e. The molecule has 0 bridgehead atoms. The van der Waals surface area contributed by atoms with E-state index >= 15 is 0 Å². The lowest BCUT2D eigenvalue weighted by Gasteiger charge is -2.00. The Hall–Kier alpha value is -4.48. The molecule has 0 aliphatic carbocycles. The molecule has 2 rings (SSSR count). The van der Waals surface area contributed by atoms with Crippen LogP contribution in [0.1, 0.15) is 5.56 Å². The van der Waals surface area contributed by atoms with Gasteiger partial charge in [0.05, 0.1) is 0 Å². The number of carbonyl (C=O) groups is 4. The van der Waals surface area contributed by atoms with Crippen molar-refractivity contribution < 1.29 is 38.9 Å². The predicted molar refractivity (Wildman–Crippen MR) is 95.4 cm³/mol. The SMILES string of the molecule is Cc1ccc(OC(=O)N=NC(=O)Oc2ccccc2)cc1.O=C(O)N=NC(=O)O. The van der Waals surface area contributed by atoms with Crippen molar-refractivity contribution in [2.75, 3.05) is 0 Å². The quantitative estimate of drug-likeness (QED) is 0.663. The molecule has 0 saturated carbocycles. The summed E-state index contributed by atoms with van der Waals surface area (Å²) in [5, 5.41) is 26.1. The summed E-state index contributed by atoms with van der Waals surface area (Å²) >= 11 is 0. The maximum Gasteiger partial charge on any atom is 0.458 e. The van der Waals surface area contributed by atoms with Crippen molar-refractivity contribution >= 4 is 24.4 Å². The molecule has 0 atom stereocenters. The molecule has 0 heterocycles. The molecule has 29 heavy (non-hydrogen) atoms. The Bertz CT molecular complexity index is 895. The molecule has 0 spiro atoms. The summed E-state index contributed by atoms with van der Waals surface area (Å²) < 4.78 is 9.69. The minimum atomic E-state index is -1.62. The number of hydrogen-bond donors (Lipinski definition) is 2. The molecule has 2 aromatic carbocycles. The Balaban J connectivity index is 0.000000447. The predicted octanol–water partition coefficient (Wildman–Crippen LogP) is 4.94. The zero-order valence-corrected chi connectivity index (χ0v) is 14.8. The van der Waals surface area contributed by atoms with Crippen LogP contribution in [0.25, 0.3) is 0 Å². The highest BCUT2D eigenvalue weighted by Gasteiger charge is 2.06. The van der Waals surface area contributed by atoms with Gasteiger partial charge in [-0.15, -0.1) is 0 Å². The minimum Gasteiger partial charge on any atom is -0.462 e.